The highest BCUT2D eigenvalue weighted by atomic mass is 31.2. The van der Waals surface area contributed by atoms with Gasteiger partial charge in [-0.1, -0.05) is 0 Å². The molecular weight excluding hydrogens is 304 g/mol. The maximum Gasteiger partial charge on any atom is 0.464 e. The van der Waals surface area contributed by atoms with Gasteiger partial charge >= 0.3 is 20.4 Å². The minimum Gasteiger partial charge on any atom is -0.403 e. The third-order valence-corrected chi connectivity index (χ3v) is 5.89. The van der Waals surface area contributed by atoms with E-state index >= 15 is 0 Å². The van der Waals surface area contributed by atoms with Crippen LogP contribution in [0, 0.1) is 0 Å². The van der Waals surface area contributed by atoms with E-state index in [1.54, 1.807) is 27.7 Å². The molecule has 0 aromatic carbocycles. The fourth-order valence-corrected chi connectivity index (χ4v) is 3.43. The lowest BCUT2D eigenvalue weighted by atomic mass is 9.85. The number of hydrogen-bond acceptors (Lipinski definition) is 5. The molecule has 1 fully saturated rings. The van der Waals surface area contributed by atoms with Gasteiger partial charge in [-0.25, -0.2) is 0 Å². The van der Waals surface area contributed by atoms with E-state index in [9.17, 15) is 13.3 Å². The van der Waals surface area contributed by atoms with Crippen molar-refractivity contribution < 1.29 is 31.7 Å². The molecular formula is C12H24BF2O5P. The quantitative estimate of drug-likeness (QED) is 0.523. The van der Waals surface area contributed by atoms with E-state index in [0.29, 0.717) is 0 Å². The van der Waals surface area contributed by atoms with Crippen molar-refractivity contribution in [2.24, 2.45) is 0 Å². The smallest absolute Gasteiger partial charge is 0.403 e. The van der Waals surface area contributed by atoms with Crippen LogP contribution in [0.3, 0.4) is 0 Å². The molecule has 0 bridgehead atoms. The molecule has 5 nitrogen and oxygen atoms in total. The zero-order chi connectivity index (χ0) is 16.5. The maximum atomic E-state index is 14.3. The number of halogens is 2. The predicted octanol–water partition coefficient (Wildman–Crippen LogP) is 3.94. The SMILES string of the molecule is CCOP(=O)(OCC)C(F)(F)CB1OC(C)(C)C(C)(C)O1. The molecule has 0 unspecified atom stereocenters. The van der Waals surface area contributed by atoms with Crippen LogP contribution in [0.5, 0.6) is 0 Å². The number of rotatable bonds is 7. The summed E-state index contributed by atoms with van der Waals surface area (Å²) in [6.45, 7) is 9.75. The summed E-state index contributed by atoms with van der Waals surface area (Å²) in [5.41, 5.74) is -5.13. The zero-order valence-electron chi connectivity index (χ0n) is 13.4. The predicted molar refractivity (Wildman–Crippen MR) is 76.7 cm³/mol. The van der Waals surface area contributed by atoms with Gasteiger partial charge in [-0.3, -0.25) is 4.57 Å². The normalized spacial score (nSPS) is 21.8. The van der Waals surface area contributed by atoms with Crippen LogP contribution < -0.4 is 0 Å². The second-order valence-electron chi connectivity index (χ2n) is 5.89. The van der Waals surface area contributed by atoms with Crippen molar-refractivity contribution in [1.82, 2.24) is 0 Å². The Labute approximate surface area is 125 Å². The van der Waals surface area contributed by atoms with E-state index in [4.69, 9.17) is 18.4 Å². The average Bonchev–Trinajstić information content (AvgIpc) is 2.46. The lowest BCUT2D eigenvalue weighted by Crippen LogP contribution is -2.41. The van der Waals surface area contributed by atoms with Gasteiger partial charge in [0.1, 0.15) is 0 Å². The van der Waals surface area contributed by atoms with Crippen molar-refractivity contribution in [1.29, 1.82) is 0 Å². The monoisotopic (exact) mass is 328 g/mol. The summed E-state index contributed by atoms with van der Waals surface area (Å²) in [7, 11) is -5.72. The molecule has 124 valence electrons. The molecule has 21 heavy (non-hydrogen) atoms. The van der Waals surface area contributed by atoms with Gasteiger partial charge in [0.2, 0.25) is 0 Å². The molecule has 1 aliphatic heterocycles. The van der Waals surface area contributed by atoms with E-state index in [0.717, 1.165) is 0 Å². The average molecular weight is 328 g/mol. The molecule has 0 aliphatic carbocycles. The van der Waals surface area contributed by atoms with Crippen LogP contribution in [0.4, 0.5) is 8.78 Å². The van der Waals surface area contributed by atoms with Crippen LogP contribution in [-0.4, -0.2) is 37.2 Å². The second kappa shape index (κ2) is 6.24. The third kappa shape index (κ3) is 3.85. The standard InChI is InChI=1S/C12H24BF2O5P/c1-7-17-21(16,18-8-2)12(14,15)9-13-19-10(3,4)11(5,6)20-13/h7-9H2,1-6H3. The largest absolute Gasteiger partial charge is 0.464 e. The molecule has 0 spiro atoms. The first-order valence-electron chi connectivity index (χ1n) is 7.03. The van der Waals surface area contributed by atoms with Crippen molar-refractivity contribution in [3.05, 3.63) is 0 Å². The van der Waals surface area contributed by atoms with Gasteiger partial charge in [0, 0.05) is 0 Å². The van der Waals surface area contributed by atoms with E-state index in [1.165, 1.54) is 13.8 Å². The van der Waals surface area contributed by atoms with Gasteiger partial charge in [-0.15, -0.1) is 0 Å². The minimum atomic E-state index is -4.55. The zero-order valence-corrected chi connectivity index (χ0v) is 14.3. The summed E-state index contributed by atoms with van der Waals surface area (Å²) in [6.07, 6.45) is -0.878. The molecule has 0 N–H and O–H groups in total. The molecule has 0 saturated carbocycles. The molecule has 1 rings (SSSR count). The van der Waals surface area contributed by atoms with Gasteiger partial charge in [0.15, 0.2) is 0 Å². The Morgan fingerprint density at radius 3 is 1.76 bits per heavy atom. The second-order valence-corrected chi connectivity index (χ2v) is 8.05. The van der Waals surface area contributed by atoms with Gasteiger partial charge in [0.05, 0.1) is 30.7 Å². The summed E-state index contributed by atoms with van der Waals surface area (Å²) in [5, 5.41) is 0. The topological polar surface area (TPSA) is 54.0 Å². The molecule has 0 aromatic rings. The lowest BCUT2D eigenvalue weighted by molar-refractivity contribution is 0.00578. The van der Waals surface area contributed by atoms with Crippen molar-refractivity contribution in [2.75, 3.05) is 13.2 Å². The Balaban J connectivity index is 2.88. The molecule has 0 radical (unpaired) electrons. The van der Waals surface area contributed by atoms with Gasteiger partial charge < -0.3 is 18.4 Å². The third-order valence-electron chi connectivity index (χ3n) is 3.71. The van der Waals surface area contributed by atoms with E-state index < -0.39 is 37.9 Å². The van der Waals surface area contributed by atoms with Crippen LogP contribution in [0.1, 0.15) is 41.5 Å². The Kier molecular flexibility index (Phi) is 5.66. The molecule has 0 aromatic heterocycles. The molecule has 1 aliphatic rings. The Morgan fingerprint density at radius 1 is 1.05 bits per heavy atom. The molecule has 0 atom stereocenters. The number of alkyl halides is 2. The first-order chi connectivity index (χ1) is 9.41. The first kappa shape index (κ1) is 19.0. The summed E-state index contributed by atoms with van der Waals surface area (Å²) in [4.78, 5) is 0. The Bertz CT molecular complexity index is 390. The van der Waals surface area contributed by atoms with Crippen molar-refractivity contribution in [3.63, 3.8) is 0 Å². The first-order valence-corrected chi connectivity index (χ1v) is 8.57. The molecule has 1 saturated heterocycles. The van der Waals surface area contributed by atoms with Crippen molar-refractivity contribution in [3.8, 4) is 0 Å². The maximum absolute atomic E-state index is 14.3. The van der Waals surface area contributed by atoms with E-state index in [1.807, 2.05) is 0 Å². The van der Waals surface area contributed by atoms with Crippen LogP contribution >= 0.6 is 7.60 Å². The fraction of sp³-hybridized carbons (Fsp3) is 1.00. The fourth-order valence-electron chi connectivity index (χ4n) is 1.93. The minimum absolute atomic E-state index is 0.129. The highest BCUT2D eigenvalue weighted by molar-refractivity contribution is 7.55. The molecule has 9 heteroatoms. The van der Waals surface area contributed by atoms with Crippen molar-refractivity contribution >= 4 is 14.7 Å². The number of hydrogen-bond donors (Lipinski definition) is 0. The van der Waals surface area contributed by atoms with Gasteiger partial charge in [0.25, 0.3) is 0 Å². The summed E-state index contributed by atoms with van der Waals surface area (Å²) in [6, 6.07) is 0. The van der Waals surface area contributed by atoms with E-state index in [2.05, 4.69) is 0 Å². The Hall–Kier alpha value is -0.00506. The highest BCUT2D eigenvalue weighted by Crippen LogP contribution is 2.64. The van der Waals surface area contributed by atoms with Gasteiger partial charge in [-0.2, -0.15) is 8.78 Å². The summed E-state index contributed by atoms with van der Waals surface area (Å²) >= 11 is 0. The highest BCUT2D eigenvalue weighted by Gasteiger charge is 2.60. The van der Waals surface area contributed by atoms with Crippen LogP contribution in [0.2, 0.25) is 6.32 Å². The summed E-state index contributed by atoms with van der Waals surface area (Å²) < 4.78 is 61.4. The van der Waals surface area contributed by atoms with E-state index in [-0.39, 0.29) is 13.2 Å². The van der Waals surface area contributed by atoms with Crippen LogP contribution in [-0.2, 0) is 22.9 Å². The van der Waals surface area contributed by atoms with Gasteiger partial charge in [-0.05, 0) is 41.5 Å². The lowest BCUT2D eigenvalue weighted by Gasteiger charge is -2.32. The molecule has 0 amide bonds. The van der Waals surface area contributed by atoms with Crippen molar-refractivity contribution in [2.45, 2.75) is 64.7 Å². The Morgan fingerprint density at radius 2 is 1.43 bits per heavy atom. The van der Waals surface area contributed by atoms with Crippen LogP contribution in [0.25, 0.3) is 0 Å². The van der Waals surface area contributed by atoms with Crippen LogP contribution in [0.15, 0.2) is 0 Å². The molecule has 1 heterocycles. The summed E-state index contributed by atoms with van der Waals surface area (Å²) in [5.74, 6) is 0.